The lowest BCUT2D eigenvalue weighted by atomic mass is 9.49. The van der Waals surface area contributed by atoms with Crippen molar-refractivity contribution in [3.05, 3.63) is 0 Å². The highest BCUT2D eigenvalue weighted by atomic mass is 16.2. The van der Waals surface area contributed by atoms with Crippen LogP contribution in [-0.2, 0) is 9.59 Å². The number of nitrogens with zero attached hydrogens (tertiary/aromatic N) is 2. The third-order valence-corrected chi connectivity index (χ3v) is 7.31. The summed E-state index contributed by atoms with van der Waals surface area (Å²) in [5.74, 6) is 2.79. The van der Waals surface area contributed by atoms with Crippen molar-refractivity contribution < 1.29 is 9.59 Å². The van der Waals surface area contributed by atoms with Gasteiger partial charge in [-0.15, -0.1) is 0 Å². The molecule has 5 rings (SSSR count). The monoisotopic (exact) mass is 347 g/mol. The molecule has 1 N–H and O–H groups in total. The summed E-state index contributed by atoms with van der Waals surface area (Å²) in [5.41, 5.74) is 0.259. The topological polar surface area (TPSA) is 52.6 Å². The molecule has 1 saturated heterocycles. The van der Waals surface area contributed by atoms with Crippen LogP contribution in [0.5, 0.6) is 0 Å². The number of piperazine rings is 1. The van der Waals surface area contributed by atoms with Crippen LogP contribution in [0.25, 0.3) is 0 Å². The van der Waals surface area contributed by atoms with Gasteiger partial charge < -0.3 is 15.1 Å². The van der Waals surface area contributed by atoms with Gasteiger partial charge in [0.2, 0.25) is 11.8 Å². The zero-order valence-corrected chi connectivity index (χ0v) is 15.6. The molecule has 5 heteroatoms. The number of nitrogens with one attached hydrogen (secondary N) is 1. The quantitative estimate of drug-likeness (QED) is 0.826. The Morgan fingerprint density at radius 3 is 2.04 bits per heavy atom. The van der Waals surface area contributed by atoms with Crippen LogP contribution in [0, 0.1) is 23.2 Å². The number of rotatable bonds is 5. The first-order chi connectivity index (χ1) is 12.0. The van der Waals surface area contributed by atoms with Gasteiger partial charge in [0.25, 0.3) is 0 Å². The molecule has 4 bridgehead atoms. The Labute approximate surface area is 151 Å². The van der Waals surface area contributed by atoms with Crippen molar-refractivity contribution in [3.63, 3.8) is 0 Å². The van der Waals surface area contributed by atoms with Crippen molar-refractivity contribution in [1.29, 1.82) is 0 Å². The van der Waals surface area contributed by atoms with E-state index in [4.69, 9.17) is 0 Å². The van der Waals surface area contributed by atoms with Gasteiger partial charge in [-0.3, -0.25) is 9.59 Å². The molecule has 1 aliphatic heterocycles. The molecular weight excluding hydrogens is 314 g/mol. The van der Waals surface area contributed by atoms with Gasteiger partial charge in [0.1, 0.15) is 0 Å². The molecular formula is C20H33N3O2. The Morgan fingerprint density at radius 1 is 0.960 bits per heavy atom. The van der Waals surface area contributed by atoms with E-state index in [1.54, 1.807) is 0 Å². The van der Waals surface area contributed by atoms with Crippen LogP contribution < -0.4 is 5.32 Å². The third kappa shape index (κ3) is 3.71. The van der Waals surface area contributed by atoms with E-state index in [2.05, 4.69) is 17.1 Å². The first-order valence-corrected chi connectivity index (χ1v) is 10.3. The second-order valence-electron chi connectivity index (χ2n) is 9.19. The van der Waals surface area contributed by atoms with Crippen molar-refractivity contribution in [2.45, 2.75) is 51.9 Å². The fourth-order valence-electron chi connectivity index (χ4n) is 6.51. The standard InChI is InChI=1S/C20H33N3O2/c1-2-22-3-5-23(6-4-22)19(25)14-21-18(24)13-20-10-15-7-16(11-20)9-17(8-15)12-20/h15-17H,2-14H2,1H3,(H,21,24). The number of carbonyl (C=O) groups is 2. The van der Waals surface area contributed by atoms with E-state index < -0.39 is 0 Å². The van der Waals surface area contributed by atoms with Gasteiger partial charge in [0, 0.05) is 32.6 Å². The molecule has 0 aromatic carbocycles. The smallest absolute Gasteiger partial charge is 0.242 e. The maximum atomic E-state index is 12.5. The second kappa shape index (κ2) is 6.90. The summed E-state index contributed by atoms with van der Waals surface area (Å²) in [4.78, 5) is 29.1. The van der Waals surface area contributed by atoms with Gasteiger partial charge in [0.15, 0.2) is 0 Å². The lowest BCUT2D eigenvalue weighted by Gasteiger charge is -2.56. The molecule has 0 aromatic heterocycles. The highest BCUT2D eigenvalue weighted by Gasteiger charge is 2.51. The zero-order chi connectivity index (χ0) is 17.4. The van der Waals surface area contributed by atoms with Crippen LogP contribution in [0.3, 0.4) is 0 Å². The van der Waals surface area contributed by atoms with E-state index >= 15 is 0 Å². The molecule has 0 spiro atoms. The van der Waals surface area contributed by atoms with Crippen molar-refractivity contribution in [3.8, 4) is 0 Å². The number of hydrogen-bond acceptors (Lipinski definition) is 3. The van der Waals surface area contributed by atoms with Gasteiger partial charge in [-0.2, -0.15) is 0 Å². The first-order valence-electron chi connectivity index (χ1n) is 10.3. The Balaban J connectivity index is 1.24. The van der Waals surface area contributed by atoms with Crippen LogP contribution >= 0.6 is 0 Å². The van der Waals surface area contributed by atoms with E-state index in [-0.39, 0.29) is 23.8 Å². The minimum atomic E-state index is 0.0783. The predicted octanol–water partition coefficient (Wildman–Crippen LogP) is 1.87. The molecule has 140 valence electrons. The van der Waals surface area contributed by atoms with E-state index in [0.29, 0.717) is 6.42 Å². The SMILES string of the molecule is CCN1CCN(C(=O)CNC(=O)CC23CC4CC(CC(C4)C2)C3)CC1. The predicted molar refractivity (Wildman–Crippen MR) is 96.9 cm³/mol. The van der Waals surface area contributed by atoms with Crippen molar-refractivity contribution in [1.82, 2.24) is 15.1 Å². The van der Waals surface area contributed by atoms with Crippen LogP contribution in [-0.4, -0.2) is 60.9 Å². The molecule has 0 aromatic rings. The number of amides is 2. The minimum absolute atomic E-state index is 0.0783. The summed E-state index contributed by atoms with van der Waals surface area (Å²) in [5, 5.41) is 2.94. The Morgan fingerprint density at radius 2 is 1.52 bits per heavy atom. The molecule has 5 fully saturated rings. The maximum Gasteiger partial charge on any atom is 0.242 e. The normalized spacial score (nSPS) is 37.3. The van der Waals surface area contributed by atoms with Crippen molar-refractivity contribution >= 4 is 11.8 Å². The molecule has 2 amide bonds. The van der Waals surface area contributed by atoms with Gasteiger partial charge in [-0.25, -0.2) is 0 Å². The van der Waals surface area contributed by atoms with Gasteiger partial charge >= 0.3 is 0 Å². The van der Waals surface area contributed by atoms with Crippen LogP contribution in [0.4, 0.5) is 0 Å². The third-order valence-electron chi connectivity index (χ3n) is 7.31. The van der Waals surface area contributed by atoms with E-state index in [1.807, 2.05) is 4.90 Å². The van der Waals surface area contributed by atoms with Gasteiger partial charge in [-0.05, 0) is 68.2 Å². The lowest BCUT2D eigenvalue weighted by molar-refractivity contribution is -0.136. The zero-order valence-electron chi connectivity index (χ0n) is 15.6. The van der Waals surface area contributed by atoms with Gasteiger partial charge in [-0.1, -0.05) is 6.92 Å². The summed E-state index contributed by atoms with van der Waals surface area (Å²) in [6.45, 7) is 6.85. The average molecular weight is 348 g/mol. The fraction of sp³-hybridized carbons (Fsp3) is 0.900. The summed E-state index contributed by atoms with van der Waals surface area (Å²) in [6.07, 6.45) is 8.61. The first kappa shape index (κ1) is 17.3. The molecule has 4 aliphatic carbocycles. The summed E-state index contributed by atoms with van der Waals surface area (Å²) < 4.78 is 0. The maximum absolute atomic E-state index is 12.5. The Kier molecular flexibility index (Phi) is 4.78. The Hall–Kier alpha value is -1.10. The van der Waals surface area contributed by atoms with E-state index in [9.17, 15) is 9.59 Å². The van der Waals surface area contributed by atoms with Gasteiger partial charge in [0.05, 0.1) is 6.54 Å². The lowest BCUT2D eigenvalue weighted by Crippen LogP contribution is -2.51. The highest BCUT2D eigenvalue weighted by molar-refractivity contribution is 5.85. The second-order valence-corrected chi connectivity index (χ2v) is 9.19. The summed E-state index contributed by atoms with van der Waals surface area (Å²) >= 11 is 0. The molecule has 0 radical (unpaired) electrons. The summed E-state index contributed by atoms with van der Waals surface area (Å²) in [7, 11) is 0. The number of likely N-dealkylation sites (N-methyl/N-ethyl adjacent to an activating group) is 1. The minimum Gasteiger partial charge on any atom is -0.347 e. The van der Waals surface area contributed by atoms with Crippen molar-refractivity contribution in [2.24, 2.45) is 23.2 Å². The molecule has 1 heterocycles. The number of carbonyl (C=O) groups excluding carboxylic acids is 2. The van der Waals surface area contributed by atoms with E-state index in [1.165, 1.54) is 38.5 Å². The molecule has 4 saturated carbocycles. The van der Waals surface area contributed by atoms with Crippen molar-refractivity contribution in [2.75, 3.05) is 39.3 Å². The molecule has 0 unspecified atom stereocenters. The molecule has 5 nitrogen and oxygen atoms in total. The summed E-state index contributed by atoms with van der Waals surface area (Å²) in [6, 6.07) is 0. The Bertz CT molecular complexity index is 490. The van der Waals surface area contributed by atoms with Crippen LogP contribution in [0.2, 0.25) is 0 Å². The van der Waals surface area contributed by atoms with Crippen LogP contribution in [0.1, 0.15) is 51.9 Å². The number of hydrogen-bond donors (Lipinski definition) is 1. The highest BCUT2D eigenvalue weighted by Crippen LogP contribution is 2.61. The molecule has 0 atom stereocenters. The van der Waals surface area contributed by atoms with Crippen LogP contribution in [0.15, 0.2) is 0 Å². The van der Waals surface area contributed by atoms with E-state index in [0.717, 1.165) is 50.5 Å². The molecule has 25 heavy (non-hydrogen) atoms. The average Bonchev–Trinajstić information content (AvgIpc) is 2.58. The molecule has 5 aliphatic rings. The largest absolute Gasteiger partial charge is 0.347 e. The fourth-order valence-corrected chi connectivity index (χ4v) is 6.51.